The Morgan fingerprint density at radius 1 is 1.12 bits per heavy atom. The zero-order valence-electron chi connectivity index (χ0n) is 18.4. The Morgan fingerprint density at radius 2 is 1.88 bits per heavy atom. The van der Waals surface area contributed by atoms with E-state index >= 15 is 0 Å². The van der Waals surface area contributed by atoms with Crippen LogP contribution in [0.5, 0.6) is 0 Å². The molecular weight excluding hydrogens is 447 g/mol. The summed E-state index contributed by atoms with van der Waals surface area (Å²) in [5, 5.41) is 8.35. The Bertz CT molecular complexity index is 1230. The zero-order valence-corrected chi connectivity index (χ0v) is 18.4. The Kier molecular flexibility index (Phi) is 5.75. The molecule has 3 heterocycles. The maximum absolute atomic E-state index is 13.0. The lowest BCUT2D eigenvalue weighted by atomic mass is 9.87. The topological polar surface area (TPSA) is 80.1 Å². The minimum absolute atomic E-state index is 0.116. The van der Waals surface area contributed by atoms with Gasteiger partial charge >= 0.3 is 6.18 Å². The van der Waals surface area contributed by atoms with Crippen LogP contribution in [0.3, 0.4) is 0 Å². The maximum Gasteiger partial charge on any atom is 0.433 e. The fourth-order valence-corrected chi connectivity index (χ4v) is 4.59. The lowest BCUT2D eigenvalue weighted by molar-refractivity contribution is -0.141. The molecule has 0 radical (unpaired) electrons. The van der Waals surface area contributed by atoms with E-state index in [4.69, 9.17) is 5.10 Å². The molecule has 178 valence electrons. The van der Waals surface area contributed by atoms with Crippen LogP contribution >= 0.6 is 0 Å². The number of hydrogen-bond acceptors (Lipinski definition) is 5. The number of nitrogens with zero attached hydrogens (tertiary/aromatic N) is 4. The number of benzene rings is 1. The number of anilines is 2. The minimum atomic E-state index is -4.63. The van der Waals surface area contributed by atoms with Gasteiger partial charge < -0.3 is 15.0 Å². The lowest BCUT2D eigenvalue weighted by Gasteiger charge is -2.34. The normalized spacial score (nSPS) is 20.7. The van der Waals surface area contributed by atoms with E-state index < -0.39 is 17.8 Å². The SMILES string of the molecule is O=C[C@H]1CC[C@H](n2cc3cc(NC(=O)c4cccc(C(F)(F)F)n4)c(N4CCC4)cc3n2)CC1. The molecule has 0 unspecified atom stereocenters. The van der Waals surface area contributed by atoms with Gasteiger partial charge in [0.25, 0.3) is 5.91 Å². The Hall–Kier alpha value is -3.43. The van der Waals surface area contributed by atoms with E-state index in [9.17, 15) is 22.8 Å². The molecule has 1 saturated heterocycles. The van der Waals surface area contributed by atoms with Gasteiger partial charge in [0.1, 0.15) is 17.7 Å². The average molecular weight is 471 g/mol. The fourth-order valence-electron chi connectivity index (χ4n) is 4.59. The van der Waals surface area contributed by atoms with Gasteiger partial charge in [-0.3, -0.25) is 9.48 Å². The van der Waals surface area contributed by atoms with E-state index in [1.165, 1.54) is 12.1 Å². The molecular formula is C24H24F3N5O2. The zero-order chi connectivity index (χ0) is 23.9. The Labute approximate surface area is 193 Å². The smallest absolute Gasteiger partial charge is 0.370 e. The number of amides is 1. The molecule has 1 N–H and O–H groups in total. The monoisotopic (exact) mass is 471 g/mol. The second-order valence-electron chi connectivity index (χ2n) is 8.94. The highest BCUT2D eigenvalue weighted by molar-refractivity contribution is 6.06. The summed E-state index contributed by atoms with van der Waals surface area (Å²) in [6.45, 7) is 1.65. The van der Waals surface area contributed by atoms with E-state index in [-0.39, 0.29) is 17.7 Å². The number of aromatic nitrogens is 3. The molecule has 1 amide bonds. The third-order valence-corrected chi connectivity index (χ3v) is 6.66. The highest BCUT2D eigenvalue weighted by Gasteiger charge is 2.33. The molecule has 1 aliphatic carbocycles. The van der Waals surface area contributed by atoms with E-state index in [0.29, 0.717) is 5.69 Å². The van der Waals surface area contributed by atoms with Crippen molar-refractivity contribution in [1.82, 2.24) is 14.8 Å². The van der Waals surface area contributed by atoms with Crippen LogP contribution in [0.25, 0.3) is 10.9 Å². The average Bonchev–Trinajstić information content (AvgIpc) is 3.20. The Morgan fingerprint density at radius 3 is 2.53 bits per heavy atom. The van der Waals surface area contributed by atoms with Gasteiger partial charge in [0.05, 0.1) is 22.9 Å². The molecule has 2 fully saturated rings. The van der Waals surface area contributed by atoms with Crippen molar-refractivity contribution >= 4 is 34.5 Å². The summed E-state index contributed by atoms with van der Waals surface area (Å²) < 4.78 is 41.0. The number of alkyl halides is 3. The van der Waals surface area contributed by atoms with Crippen molar-refractivity contribution in [2.75, 3.05) is 23.3 Å². The number of halogens is 3. The molecule has 2 aliphatic rings. The molecule has 2 aromatic heterocycles. The third kappa shape index (κ3) is 4.36. The first kappa shape index (κ1) is 22.4. The summed E-state index contributed by atoms with van der Waals surface area (Å²) in [6, 6.07) is 7.22. The second-order valence-corrected chi connectivity index (χ2v) is 8.94. The first-order valence-electron chi connectivity index (χ1n) is 11.4. The highest BCUT2D eigenvalue weighted by atomic mass is 19.4. The second kappa shape index (κ2) is 8.73. The number of aldehydes is 1. The molecule has 5 rings (SSSR count). The Balaban J connectivity index is 1.44. The van der Waals surface area contributed by atoms with E-state index in [1.54, 1.807) is 0 Å². The third-order valence-electron chi connectivity index (χ3n) is 6.66. The van der Waals surface area contributed by atoms with Crippen LogP contribution in [0.4, 0.5) is 24.5 Å². The largest absolute Gasteiger partial charge is 0.433 e. The van der Waals surface area contributed by atoms with Crippen molar-refractivity contribution in [3.05, 3.63) is 47.9 Å². The molecule has 1 aliphatic heterocycles. The quantitative estimate of drug-likeness (QED) is 0.539. The molecule has 3 aromatic rings. The van der Waals surface area contributed by atoms with Gasteiger partial charge in [0, 0.05) is 30.6 Å². The standard InChI is InChI=1S/C24H24F3N5O2/c25-24(26,27)22-4-1-3-18(28-22)23(34)29-20-11-16-13-32(17-7-5-15(14-33)6-8-17)30-19(16)12-21(20)31-9-2-10-31/h1,3-4,11-15,17H,2,5-10H2,(H,29,34)/t15-,17-. The predicted molar refractivity (Wildman–Crippen MR) is 121 cm³/mol. The van der Waals surface area contributed by atoms with Crippen LogP contribution < -0.4 is 10.2 Å². The fraction of sp³-hybridized carbons (Fsp3) is 0.417. The molecule has 34 heavy (non-hydrogen) atoms. The number of hydrogen-bond donors (Lipinski definition) is 1. The van der Waals surface area contributed by atoms with Gasteiger partial charge in [-0.1, -0.05) is 6.07 Å². The first-order valence-corrected chi connectivity index (χ1v) is 11.4. The summed E-state index contributed by atoms with van der Waals surface area (Å²) in [5.74, 6) is -0.586. The molecule has 10 heteroatoms. The summed E-state index contributed by atoms with van der Waals surface area (Å²) in [5.41, 5.74) is 0.681. The van der Waals surface area contributed by atoms with Gasteiger partial charge in [-0.2, -0.15) is 18.3 Å². The number of fused-ring (bicyclic) bond motifs is 1. The summed E-state index contributed by atoms with van der Waals surface area (Å²) >= 11 is 0. The van der Waals surface area contributed by atoms with Gasteiger partial charge in [0.15, 0.2) is 0 Å². The van der Waals surface area contributed by atoms with Crippen LogP contribution in [0, 0.1) is 5.92 Å². The van der Waals surface area contributed by atoms with E-state index in [0.717, 1.165) is 74.1 Å². The van der Waals surface area contributed by atoms with Crippen molar-refractivity contribution < 1.29 is 22.8 Å². The molecule has 0 bridgehead atoms. The predicted octanol–water partition coefficient (Wildman–Crippen LogP) is 4.84. The summed E-state index contributed by atoms with van der Waals surface area (Å²) in [4.78, 5) is 29.5. The van der Waals surface area contributed by atoms with Gasteiger partial charge in [-0.25, -0.2) is 4.98 Å². The van der Waals surface area contributed by atoms with Crippen molar-refractivity contribution in [3.8, 4) is 0 Å². The molecule has 1 aromatic carbocycles. The van der Waals surface area contributed by atoms with Crippen molar-refractivity contribution in [3.63, 3.8) is 0 Å². The minimum Gasteiger partial charge on any atom is -0.370 e. The molecule has 7 nitrogen and oxygen atoms in total. The number of carbonyl (C=O) groups excluding carboxylic acids is 2. The highest BCUT2D eigenvalue weighted by Crippen LogP contribution is 2.36. The molecule has 0 atom stereocenters. The van der Waals surface area contributed by atoms with Crippen LogP contribution in [0.1, 0.15) is 54.3 Å². The van der Waals surface area contributed by atoms with Crippen LogP contribution in [-0.4, -0.2) is 40.0 Å². The van der Waals surface area contributed by atoms with Crippen LogP contribution in [-0.2, 0) is 11.0 Å². The maximum atomic E-state index is 13.0. The number of nitrogens with one attached hydrogen (secondary N) is 1. The summed E-state index contributed by atoms with van der Waals surface area (Å²) in [6.07, 6.45) is 2.79. The number of carbonyl (C=O) groups is 2. The summed E-state index contributed by atoms with van der Waals surface area (Å²) in [7, 11) is 0. The van der Waals surface area contributed by atoms with Crippen LogP contribution in [0.15, 0.2) is 36.5 Å². The number of rotatable bonds is 5. The van der Waals surface area contributed by atoms with E-state index in [2.05, 4.69) is 15.2 Å². The van der Waals surface area contributed by atoms with Gasteiger partial charge in [-0.15, -0.1) is 0 Å². The van der Waals surface area contributed by atoms with Gasteiger partial charge in [0.2, 0.25) is 0 Å². The van der Waals surface area contributed by atoms with Crippen molar-refractivity contribution in [1.29, 1.82) is 0 Å². The number of pyridine rings is 1. The van der Waals surface area contributed by atoms with Gasteiger partial charge in [-0.05, 0) is 56.4 Å². The van der Waals surface area contributed by atoms with Crippen LogP contribution in [0.2, 0.25) is 0 Å². The van der Waals surface area contributed by atoms with Crippen molar-refractivity contribution in [2.24, 2.45) is 5.92 Å². The molecule has 0 spiro atoms. The molecule has 1 saturated carbocycles. The van der Waals surface area contributed by atoms with E-state index in [1.807, 2.05) is 23.0 Å². The van der Waals surface area contributed by atoms with Crippen molar-refractivity contribution in [2.45, 2.75) is 44.3 Å². The first-order chi connectivity index (χ1) is 16.3. The lowest BCUT2D eigenvalue weighted by Crippen LogP contribution is -2.37.